The highest BCUT2D eigenvalue weighted by atomic mass is 19.1. The Hall–Kier alpha value is -2.05. The van der Waals surface area contributed by atoms with Crippen molar-refractivity contribution < 1.29 is 18.5 Å². The SMILES string of the molecule is O=C(c1c(F)ccc([N+](=O)[O-])c1F)N1CC2CCCC2C1. The van der Waals surface area contributed by atoms with Crippen molar-refractivity contribution in [1.29, 1.82) is 0 Å². The van der Waals surface area contributed by atoms with Gasteiger partial charge < -0.3 is 4.90 Å². The number of nitrogens with zero attached hydrogens (tertiary/aromatic N) is 2. The molecular weight excluding hydrogens is 282 g/mol. The quantitative estimate of drug-likeness (QED) is 0.622. The number of hydrogen-bond donors (Lipinski definition) is 0. The van der Waals surface area contributed by atoms with Crippen LogP contribution in [0.15, 0.2) is 12.1 Å². The van der Waals surface area contributed by atoms with E-state index in [2.05, 4.69) is 0 Å². The number of nitro benzene ring substituents is 1. The van der Waals surface area contributed by atoms with E-state index in [0.29, 0.717) is 24.9 Å². The summed E-state index contributed by atoms with van der Waals surface area (Å²) in [6.07, 6.45) is 3.17. The van der Waals surface area contributed by atoms with E-state index in [1.54, 1.807) is 0 Å². The highest BCUT2D eigenvalue weighted by molar-refractivity contribution is 5.95. The first-order valence-electron chi connectivity index (χ1n) is 6.90. The average Bonchev–Trinajstić information content (AvgIpc) is 2.98. The number of carbonyl (C=O) groups excluding carboxylic acids is 1. The largest absolute Gasteiger partial charge is 0.338 e. The summed E-state index contributed by atoms with van der Waals surface area (Å²) in [6, 6.07) is 1.51. The second kappa shape index (κ2) is 5.05. The van der Waals surface area contributed by atoms with Crippen molar-refractivity contribution in [3.05, 3.63) is 39.4 Å². The van der Waals surface area contributed by atoms with Gasteiger partial charge >= 0.3 is 5.69 Å². The van der Waals surface area contributed by atoms with Gasteiger partial charge in [-0.2, -0.15) is 4.39 Å². The zero-order valence-corrected chi connectivity index (χ0v) is 11.2. The average molecular weight is 296 g/mol. The minimum atomic E-state index is -1.39. The Morgan fingerprint density at radius 2 is 1.86 bits per heavy atom. The number of carbonyl (C=O) groups is 1. The van der Waals surface area contributed by atoms with E-state index < -0.39 is 33.7 Å². The summed E-state index contributed by atoms with van der Waals surface area (Å²) in [4.78, 5) is 23.5. The highest BCUT2D eigenvalue weighted by Crippen LogP contribution is 2.38. The van der Waals surface area contributed by atoms with Crippen LogP contribution in [0.25, 0.3) is 0 Å². The number of rotatable bonds is 2. The molecule has 1 aromatic carbocycles. The maximum absolute atomic E-state index is 14.0. The summed E-state index contributed by atoms with van der Waals surface area (Å²) in [7, 11) is 0. The smallest absolute Gasteiger partial charge is 0.305 e. The van der Waals surface area contributed by atoms with Gasteiger partial charge in [0, 0.05) is 19.2 Å². The molecule has 1 saturated heterocycles. The van der Waals surface area contributed by atoms with Crippen molar-refractivity contribution in [2.45, 2.75) is 19.3 Å². The van der Waals surface area contributed by atoms with E-state index >= 15 is 0 Å². The standard InChI is InChI=1S/C14H14F2N2O3/c15-10-4-5-11(18(20)21)13(16)12(10)14(19)17-6-8-2-1-3-9(8)7-17/h4-5,8-9H,1-3,6-7H2. The van der Waals surface area contributed by atoms with Crippen LogP contribution in [0.3, 0.4) is 0 Å². The van der Waals surface area contributed by atoms with Gasteiger partial charge in [-0.05, 0) is 30.7 Å². The topological polar surface area (TPSA) is 63.4 Å². The van der Waals surface area contributed by atoms with Gasteiger partial charge in [-0.25, -0.2) is 4.39 Å². The maximum Gasteiger partial charge on any atom is 0.305 e. The fourth-order valence-corrected chi connectivity index (χ4v) is 3.44. The minimum Gasteiger partial charge on any atom is -0.338 e. The van der Waals surface area contributed by atoms with E-state index in [-0.39, 0.29) is 0 Å². The summed E-state index contributed by atoms with van der Waals surface area (Å²) < 4.78 is 27.8. The number of nitro groups is 1. The lowest BCUT2D eigenvalue weighted by atomic mass is 10.0. The highest BCUT2D eigenvalue weighted by Gasteiger charge is 2.40. The number of hydrogen-bond acceptors (Lipinski definition) is 3. The number of fused-ring (bicyclic) bond motifs is 1. The molecule has 0 N–H and O–H groups in total. The Morgan fingerprint density at radius 1 is 1.24 bits per heavy atom. The molecule has 2 unspecified atom stereocenters. The first-order valence-corrected chi connectivity index (χ1v) is 6.90. The van der Waals surface area contributed by atoms with E-state index in [4.69, 9.17) is 0 Å². The first kappa shape index (κ1) is 13.9. The molecule has 0 spiro atoms. The zero-order chi connectivity index (χ0) is 15.1. The third-order valence-corrected chi connectivity index (χ3v) is 4.49. The maximum atomic E-state index is 14.0. The van der Waals surface area contributed by atoms with Crippen LogP contribution in [0.2, 0.25) is 0 Å². The van der Waals surface area contributed by atoms with Crippen LogP contribution >= 0.6 is 0 Å². The molecule has 1 aliphatic heterocycles. The summed E-state index contributed by atoms with van der Waals surface area (Å²) in [5.74, 6) is -2.46. The van der Waals surface area contributed by atoms with Crippen LogP contribution in [-0.4, -0.2) is 28.8 Å². The lowest BCUT2D eigenvalue weighted by Crippen LogP contribution is -2.31. The predicted octanol–water partition coefficient (Wildman–Crippen LogP) is 2.75. The van der Waals surface area contributed by atoms with Crippen LogP contribution in [0.1, 0.15) is 29.6 Å². The Bertz CT molecular complexity index is 608. The molecule has 2 atom stereocenters. The van der Waals surface area contributed by atoms with Gasteiger partial charge in [-0.3, -0.25) is 14.9 Å². The molecule has 112 valence electrons. The Morgan fingerprint density at radius 3 is 2.43 bits per heavy atom. The fourth-order valence-electron chi connectivity index (χ4n) is 3.44. The first-order chi connectivity index (χ1) is 9.99. The van der Waals surface area contributed by atoms with Crippen molar-refractivity contribution in [3.63, 3.8) is 0 Å². The molecule has 1 aliphatic carbocycles. The molecule has 1 heterocycles. The summed E-state index contributed by atoms with van der Waals surface area (Å²) >= 11 is 0. The summed E-state index contributed by atoms with van der Waals surface area (Å²) in [5, 5.41) is 10.7. The summed E-state index contributed by atoms with van der Waals surface area (Å²) in [5.41, 5.74) is -1.69. The van der Waals surface area contributed by atoms with Crippen molar-refractivity contribution in [1.82, 2.24) is 4.90 Å². The van der Waals surface area contributed by atoms with E-state index in [9.17, 15) is 23.7 Å². The number of likely N-dealkylation sites (tertiary alicyclic amines) is 1. The Balaban J connectivity index is 1.91. The lowest BCUT2D eigenvalue weighted by Gasteiger charge is -2.18. The van der Waals surface area contributed by atoms with E-state index in [1.807, 2.05) is 0 Å². The number of benzene rings is 1. The monoisotopic (exact) mass is 296 g/mol. The van der Waals surface area contributed by atoms with Gasteiger partial charge in [-0.15, -0.1) is 0 Å². The van der Waals surface area contributed by atoms with Gasteiger partial charge in [0.15, 0.2) is 0 Å². The second-order valence-electron chi connectivity index (χ2n) is 5.67. The van der Waals surface area contributed by atoms with Crippen LogP contribution < -0.4 is 0 Å². The molecule has 1 amide bonds. The van der Waals surface area contributed by atoms with Gasteiger partial charge in [0.2, 0.25) is 5.82 Å². The van der Waals surface area contributed by atoms with Crippen molar-refractivity contribution >= 4 is 11.6 Å². The van der Waals surface area contributed by atoms with Gasteiger partial charge in [0.05, 0.1) is 4.92 Å². The second-order valence-corrected chi connectivity index (χ2v) is 5.67. The van der Waals surface area contributed by atoms with Crippen LogP contribution in [0, 0.1) is 33.6 Å². The molecule has 2 aliphatic rings. The third-order valence-electron chi connectivity index (χ3n) is 4.49. The van der Waals surface area contributed by atoms with Gasteiger partial charge in [0.25, 0.3) is 5.91 Å². The van der Waals surface area contributed by atoms with Crippen LogP contribution in [0.5, 0.6) is 0 Å². The number of amides is 1. The van der Waals surface area contributed by atoms with Crippen molar-refractivity contribution in [2.24, 2.45) is 11.8 Å². The zero-order valence-electron chi connectivity index (χ0n) is 11.2. The van der Waals surface area contributed by atoms with E-state index in [1.165, 1.54) is 4.90 Å². The van der Waals surface area contributed by atoms with Crippen LogP contribution in [-0.2, 0) is 0 Å². The Labute approximate surface area is 119 Å². The predicted molar refractivity (Wildman–Crippen MR) is 69.7 cm³/mol. The molecule has 7 heteroatoms. The van der Waals surface area contributed by atoms with Gasteiger partial charge in [-0.1, -0.05) is 6.42 Å². The van der Waals surface area contributed by atoms with Crippen molar-refractivity contribution in [2.75, 3.05) is 13.1 Å². The molecule has 0 radical (unpaired) electrons. The molecular formula is C14H14F2N2O3. The molecule has 3 rings (SSSR count). The number of halogens is 2. The molecule has 0 aromatic heterocycles. The molecule has 0 bridgehead atoms. The Kier molecular flexibility index (Phi) is 3.35. The van der Waals surface area contributed by atoms with Crippen LogP contribution in [0.4, 0.5) is 14.5 Å². The molecule has 21 heavy (non-hydrogen) atoms. The van der Waals surface area contributed by atoms with E-state index in [0.717, 1.165) is 31.4 Å². The normalized spacial score (nSPS) is 24.2. The molecule has 1 saturated carbocycles. The minimum absolute atomic E-state index is 0.388. The lowest BCUT2D eigenvalue weighted by molar-refractivity contribution is -0.387. The van der Waals surface area contributed by atoms with Crippen molar-refractivity contribution in [3.8, 4) is 0 Å². The third kappa shape index (κ3) is 2.26. The molecule has 5 nitrogen and oxygen atoms in total. The molecule has 2 fully saturated rings. The van der Waals surface area contributed by atoms with Gasteiger partial charge in [0.1, 0.15) is 11.4 Å². The molecule has 1 aromatic rings. The summed E-state index contributed by atoms with van der Waals surface area (Å²) in [6.45, 7) is 0.955. The fraction of sp³-hybridized carbons (Fsp3) is 0.500.